The molecule has 2 aliphatic heterocycles. The predicted molar refractivity (Wildman–Crippen MR) is 97.1 cm³/mol. The molecule has 7 heteroatoms. The zero-order valence-corrected chi connectivity index (χ0v) is 15.3. The second-order valence-electron chi connectivity index (χ2n) is 7.10. The molecule has 1 aromatic carbocycles. The van der Waals surface area contributed by atoms with Crippen molar-refractivity contribution in [3.05, 3.63) is 34.9 Å². The smallest absolute Gasteiger partial charge is 0.255 e. The van der Waals surface area contributed by atoms with Gasteiger partial charge in [-0.1, -0.05) is 19.1 Å². The van der Waals surface area contributed by atoms with Crippen molar-refractivity contribution in [2.75, 3.05) is 13.6 Å². The van der Waals surface area contributed by atoms with E-state index in [4.69, 9.17) is 5.73 Å². The summed E-state index contributed by atoms with van der Waals surface area (Å²) in [6.07, 6.45) is 1.62. The summed E-state index contributed by atoms with van der Waals surface area (Å²) in [5.41, 5.74) is 8.44. The number of piperidine rings is 1. The van der Waals surface area contributed by atoms with E-state index in [1.165, 1.54) is 0 Å². The van der Waals surface area contributed by atoms with Gasteiger partial charge < -0.3 is 10.6 Å². The number of imide groups is 1. The maximum absolute atomic E-state index is 12.8. The third-order valence-electron chi connectivity index (χ3n) is 5.39. The van der Waals surface area contributed by atoms with Gasteiger partial charge in [0.2, 0.25) is 11.8 Å². The Kier molecular flexibility index (Phi) is 5.38. The number of amides is 3. The van der Waals surface area contributed by atoms with Crippen molar-refractivity contribution in [1.82, 2.24) is 15.1 Å². The van der Waals surface area contributed by atoms with Crippen LogP contribution in [0, 0.1) is 0 Å². The number of hydrogen-bond acceptors (Lipinski definition) is 5. The zero-order valence-electron chi connectivity index (χ0n) is 15.3. The number of carbonyl (C=O) groups excluding carboxylic acids is 3. The van der Waals surface area contributed by atoms with E-state index in [0.29, 0.717) is 37.7 Å². The molecular weight excluding hydrogens is 332 g/mol. The van der Waals surface area contributed by atoms with Crippen LogP contribution in [0.3, 0.4) is 0 Å². The number of nitrogens with zero attached hydrogens (tertiary/aromatic N) is 2. The van der Waals surface area contributed by atoms with Crippen LogP contribution in [0.1, 0.15) is 47.7 Å². The summed E-state index contributed by atoms with van der Waals surface area (Å²) in [7, 11) is 2.03. The first-order chi connectivity index (χ1) is 12.4. The van der Waals surface area contributed by atoms with Crippen LogP contribution in [0.4, 0.5) is 0 Å². The number of likely N-dealkylation sites (N-methyl/N-ethyl adjacent to an activating group) is 1. The van der Waals surface area contributed by atoms with Gasteiger partial charge in [-0.05, 0) is 37.1 Å². The maximum atomic E-state index is 12.8. The first-order valence-electron chi connectivity index (χ1n) is 9.11. The average Bonchev–Trinajstić information content (AvgIpc) is 2.92. The Balaban J connectivity index is 1.74. The number of hydrogen-bond donors (Lipinski definition) is 2. The molecule has 0 saturated carbocycles. The Morgan fingerprint density at radius 1 is 1.35 bits per heavy atom. The molecule has 140 valence electrons. The number of nitrogens with two attached hydrogens (primary N) is 1. The molecule has 0 aliphatic carbocycles. The van der Waals surface area contributed by atoms with E-state index in [1.54, 1.807) is 4.90 Å². The molecule has 26 heavy (non-hydrogen) atoms. The van der Waals surface area contributed by atoms with Crippen LogP contribution in [-0.4, -0.2) is 53.2 Å². The molecule has 0 spiro atoms. The topological polar surface area (TPSA) is 95.7 Å². The van der Waals surface area contributed by atoms with Crippen molar-refractivity contribution in [3.8, 4) is 0 Å². The fourth-order valence-corrected chi connectivity index (χ4v) is 3.78. The molecule has 2 atom stereocenters. The minimum atomic E-state index is -0.569. The van der Waals surface area contributed by atoms with Gasteiger partial charge >= 0.3 is 0 Å². The van der Waals surface area contributed by atoms with Gasteiger partial charge in [0.15, 0.2) is 0 Å². The first kappa shape index (κ1) is 18.5. The van der Waals surface area contributed by atoms with E-state index in [2.05, 4.69) is 17.1 Å². The first-order valence-corrected chi connectivity index (χ1v) is 9.11. The fraction of sp³-hybridized carbons (Fsp3) is 0.526. The van der Waals surface area contributed by atoms with E-state index in [-0.39, 0.29) is 24.1 Å². The van der Waals surface area contributed by atoms with Gasteiger partial charge in [0.05, 0.1) is 0 Å². The van der Waals surface area contributed by atoms with Crippen molar-refractivity contribution in [2.45, 2.75) is 51.4 Å². The van der Waals surface area contributed by atoms with Gasteiger partial charge in [0.1, 0.15) is 6.04 Å². The third kappa shape index (κ3) is 3.50. The molecule has 3 rings (SSSR count). The minimum absolute atomic E-state index is 0.134. The largest absolute Gasteiger partial charge is 0.329 e. The van der Waals surface area contributed by atoms with Gasteiger partial charge in [-0.15, -0.1) is 0 Å². The summed E-state index contributed by atoms with van der Waals surface area (Å²) in [5, 5.41) is 2.33. The predicted octanol–water partition coefficient (Wildman–Crippen LogP) is 0.617. The molecule has 7 nitrogen and oxygen atoms in total. The lowest BCUT2D eigenvalue weighted by molar-refractivity contribution is -0.136. The van der Waals surface area contributed by atoms with E-state index in [9.17, 15) is 14.4 Å². The van der Waals surface area contributed by atoms with Crippen molar-refractivity contribution < 1.29 is 14.4 Å². The van der Waals surface area contributed by atoms with Gasteiger partial charge in [0, 0.05) is 37.7 Å². The molecular formula is C19H26N4O3. The highest BCUT2D eigenvalue weighted by molar-refractivity contribution is 6.05. The highest BCUT2D eigenvalue weighted by atomic mass is 16.2. The lowest BCUT2D eigenvalue weighted by atomic mass is 10.0. The molecule has 2 unspecified atom stereocenters. The average molecular weight is 358 g/mol. The van der Waals surface area contributed by atoms with Crippen molar-refractivity contribution >= 4 is 17.7 Å². The molecule has 0 bridgehead atoms. The molecule has 2 aliphatic rings. The quantitative estimate of drug-likeness (QED) is 0.727. The zero-order chi connectivity index (χ0) is 18.8. The normalized spacial score (nSPS) is 21.2. The third-order valence-corrected chi connectivity index (χ3v) is 5.39. The summed E-state index contributed by atoms with van der Waals surface area (Å²) in [4.78, 5) is 40.0. The molecule has 0 aromatic heterocycles. The number of benzene rings is 1. The second kappa shape index (κ2) is 7.55. The highest BCUT2D eigenvalue weighted by Crippen LogP contribution is 2.28. The van der Waals surface area contributed by atoms with Gasteiger partial charge in [-0.25, -0.2) is 0 Å². The molecule has 2 heterocycles. The lowest BCUT2D eigenvalue weighted by Gasteiger charge is -2.29. The van der Waals surface area contributed by atoms with Crippen molar-refractivity contribution in [3.63, 3.8) is 0 Å². The summed E-state index contributed by atoms with van der Waals surface area (Å²) in [6.45, 7) is 3.84. The molecule has 1 saturated heterocycles. The molecule has 3 amide bonds. The maximum Gasteiger partial charge on any atom is 0.255 e. The number of nitrogens with one attached hydrogen (secondary N) is 1. The van der Waals surface area contributed by atoms with E-state index < -0.39 is 6.04 Å². The second-order valence-corrected chi connectivity index (χ2v) is 7.10. The minimum Gasteiger partial charge on any atom is -0.329 e. The summed E-state index contributed by atoms with van der Waals surface area (Å²) in [6, 6.07) is 5.65. The Labute approximate surface area is 153 Å². The molecule has 1 fully saturated rings. The Bertz CT molecular complexity index is 729. The van der Waals surface area contributed by atoms with Crippen LogP contribution in [0.2, 0.25) is 0 Å². The van der Waals surface area contributed by atoms with Gasteiger partial charge in [-0.3, -0.25) is 24.6 Å². The van der Waals surface area contributed by atoms with E-state index in [0.717, 1.165) is 17.5 Å². The lowest BCUT2D eigenvalue weighted by Crippen LogP contribution is -2.52. The van der Waals surface area contributed by atoms with Crippen LogP contribution < -0.4 is 11.1 Å². The van der Waals surface area contributed by atoms with Crippen LogP contribution in [-0.2, 0) is 22.7 Å². The van der Waals surface area contributed by atoms with Crippen LogP contribution in [0.25, 0.3) is 0 Å². The van der Waals surface area contributed by atoms with E-state index >= 15 is 0 Å². The van der Waals surface area contributed by atoms with Gasteiger partial charge in [-0.2, -0.15) is 0 Å². The van der Waals surface area contributed by atoms with Crippen LogP contribution >= 0.6 is 0 Å². The summed E-state index contributed by atoms with van der Waals surface area (Å²) >= 11 is 0. The number of fused-ring (bicyclic) bond motifs is 1. The Morgan fingerprint density at radius 3 is 2.77 bits per heavy atom. The molecule has 0 radical (unpaired) electrons. The van der Waals surface area contributed by atoms with Crippen molar-refractivity contribution in [1.29, 1.82) is 0 Å². The highest BCUT2D eigenvalue weighted by Gasteiger charge is 2.39. The SMILES string of the molecule is CCC(CN)N(C)Cc1ccc2c(c1)C(=O)N(C1CCC(=O)NC1=O)C2. The van der Waals surface area contributed by atoms with E-state index in [1.807, 2.05) is 25.2 Å². The Morgan fingerprint density at radius 2 is 2.12 bits per heavy atom. The molecule has 3 N–H and O–H groups in total. The monoisotopic (exact) mass is 358 g/mol. The standard InChI is InChI=1S/C19H26N4O3/c1-3-14(9-20)22(2)10-12-4-5-13-11-23(19(26)15(13)8-12)16-6-7-17(24)21-18(16)25/h4-5,8,14,16H,3,6-7,9-11,20H2,1-2H3,(H,21,24,25). The number of carbonyl (C=O) groups is 3. The van der Waals surface area contributed by atoms with Gasteiger partial charge in [0.25, 0.3) is 5.91 Å². The van der Waals surface area contributed by atoms with Crippen molar-refractivity contribution in [2.24, 2.45) is 5.73 Å². The summed E-state index contributed by atoms with van der Waals surface area (Å²) in [5.74, 6) is -0.785. The van der Waals surface area contributed by atoms with Crippen LogP contribution in [0.5, 0.6) is 0 Å². The van der Waals surface area contributed by atoms with Crippen LogP contribution in [0.15, 0.2) is 18.2 Å². The summed E-state index contributed by atoms with van der Waals surface area (Å²) < 4.78 is 0. The Hall–Kier alpha value is -2.25. The molecule has 1 aromatic rings. The number of rotatable bonds is 6. The fourth-order valence-electron chi connectivity index (χ4n) is 3.78.